The molecule has 0 saturated carbocycles. The van der Waals surface area contributed by atoms with Crippen LogP contribution in [0.4, 0.5) is 0 Å². The molecule has 0 aromatic carbocycles. The molecule has 4 nitrogen and oxygen atoms in total. The van der Waals surface area contributed by atoms with Gasteiger partial charge < -0.3 is 9.47 Å². The molecule has 0 rings (SSSR count). The van der Waals surface area contributed by atoms with E-state index in [1.165, 1.54) is 0 Å². The molecule has 4 heteroatoms. The fourth-order valence-corrected chi connectivity index (χ4v) is 1.59. The molecule has 0 saturated heterocycles. The molecule has 0 radical (unpaired) electrons. The van der Waals surface area contributed by atoms with E-state index in [0.717, 1.165) is 25.7 Å². The monoisotopic (exact) mass is 286 g/mol. The highest BCUT2D eigenvalue weighted by Gasteiger charge is 2.11. The van der Waals surface area contributed by atoms with Gasteiger partial charge in [0.2, 0.25) is 0 Å². The van der Waals surface area contributed by atoms with E-state index >= 15 is 0 Å². The summed E-state index contributed by atoms with van der Waals surface area (Å²) < 4.78 is 10.3. The molecule has 0 aliphatic heterocycles. The second kappa shape index (κ2) is 10.7. The summed E-state index contributed by atoms with van der Waals surface area (Å²) in [4.78, 5) is 22.5. The van der Waals surface area contributed by atoms with Gasteiger partial charge in [0.15, 0.2) is 0 Å². The number of hydrogen-bond donors (Lipinski definition) is 0. The molecule has 118 valence electrons. The van der Waals surface area contributed by atoms with Crippen LogP contribution in [0.25, 0.3) is 0 Å². The van der Waals surface area contributed by atoms with E-state index in [1.807, 2.05) is 27.7 Å². The SMILES string of the molecule is CC(CCCCCOC(=O)C(C)C)COC(=O)C(C)C. The molecule has 0 amide bonds. The minimum Gasteiger partial charge on any atom is -0.465 e. The number of esters is 2. The third-order valence-electron chi connectivity index (χ3n) is 3.04. The Balaban J connectivity index is 3.46. The smallest absolute Gasteiger partial charge is 0.308 e. The van der Waals surface area contributed by atoms with Gasteiger partial charge in [-0.25, -0.2) is 0 Å². The molecular formula is C16H30O4. The standard InChI is InChI=1S/C16H30O4/c1-12(2)15(17)19-10-8-6-7-9-14(5)11-20-16(18)13(3)4/h12-14H,6-11H2,1-5H3. The van der Waals surface area contributed by atoms with Crippen molar-refractivity contribution in [3.05, 3.63) is 0 Å². The maximum Gasteiger partial charge on any atom is 0.308 e. The summed E-state index contributed by atoms with van der Waals surface area (Å²) in [5.74, 6) is 0.0239. The maximum atomic E-state index is 11.3. The van der Waals surface area contributed by atoms with E-state index in [9.17, 15) is 9.59 Å². The summed E-state index contributed by atoms with van der Waals surface area (Å²) in [6.45, 7) is 10.4. The molecule has 0 N–H and O–H groups in total. The molecule has 0 aliphatic carbocycles. The average Bonchev–Trinajstić information content (AvgIpc) is 2.39. The predicted molar refractivity (Wildman–Crippen MR) is 79.2 cm³/mol. The van der Waals surface area contributed by atoms with E-state index in [4.69, 9.17) is 9.47 Å². The lowest BCUT2D eigenvalue weighted by atomic mass is 10.0. The molecule has 0 aromatic heterocycles. The van der Waals surface area contributed by atoms with Crippen LogP contribution in [0, 0.1) is 17.8 Å². The molecule has 1 unspecified atom stereocenters. The fourth-order valence-electron chi connectivity index (χ4n) is 1.59. The van der Waals surface area contributed by atoms with Crippen LogP contribution in [0.2, 0.25) is 0 Å². The van der Waals surface area contributed by atoms with Crippen molar-refractivity contribution >= 4 is 11.9 Å². The summed E-state index contributed by atoms with van der Waals surface area (Å²) in [5, 5.41) is 0. The van der Waals surface area contributed by atoms with Gasteiger partial charge in [0.1, 0.15) is 0 Å². The Morgan fingerprint density at radius 2 is 1.35 bits per heavy atom. The largest absolute Gasteiger partial charge is 0.465 e. The molecular weight excluding hydrogens is 256 g/mol. The first kappa shape index (κ1) is 18.9. The van der Waals surface area contributed by atoms with Crippen molar-refractivity contribution < 1.29 is 19.1 Å². The zero-order valence-electron chi connectivity index (χ0n) is 13.6. The number of ether oxygens (including phenoxy) is 2. The lowest BCUT2D eigenvalue weighted by Crippen LogP contribution is -2.16. The summed E-state index contributed by atoms with van der Waals surface area (Å²) in [6.07, 6.45) is 4.04. The quantitative estimate of drug-likeness (QED) is 0.455. The average molecular weight is 286 g/mol. The van der Waals surface area contributed by atoms with E-state index in [2.05, 4.69) is 6.92 Å². The van der Waals surface area contributed by atoms with Crippen LogP contribution < -0.4 is 0 Å². The van der Waals surface area contributed by atoms with Gasteiger partial charge in [-0.1, -0.05) is 47.5 Å². The van der Waals surface area contributed by atoms with Crippen LogP contribution in [0.15, 0.2) is 0 Å². The summed E-state index contributed by atoms with van der Waals surface area (Å²) >= 11 is 0. The molecule has 0 aliphatic rings. The topological polar surface area (TPSA) is 52.6 Å². The fraction of sp³-hybridized carbons (Fsp3) is 0.875. The zero-order chi connectivity index (χ0) is 15.5. The number of hydrogen-bond acceptors (Lipinski definition) is 4. The Morgan fingerprint density at radius 3 is 1.90 bits per heavy atom. The van der Waals surface area contributed by atoms with Crippen LogP contribution in [0.3, 0.4) is 0 Å². The highest BCUT2D eigenvalue weighted by molar-refractivity contribution is 5.71. The minimum atomic E-state index is -0.127. The Labute approximate surface area is 123 Å². The Hall–Kier alpha value is -1.06. The van der Waals surface area contributed by atoms with Crippen LogP contribution in [0.1, 0.15) is 60.3 Å². The normalized spacial score (nSPS) is 12.6. The van der Waals surface area contributed by atoms with Crippen LogP contribution >= 0.6 is 0 Å². The molecule has 1 atom stereocenters. The molecule has 0 aromatic rings. The third-order valence-corrected chi connectivity index (χ3v) is 3.04. The van der Waals surface area contributed by atoms with Gasteiger partial charge in [-0.15, -0.1) is 0 Å². The number of unbranched alkanes of at least 4 members (excludes halogenated alkanes) is 2. The number of rotatable bonds is 10. The second-order valence-corrected chi connectivity index (χ2v) is 6.06. The van der Waals surface area contributed by atoms with Gasteiger partial charge >= 0.3 is 11.9 Å². The summed E-state index contributed by atoms with van der Waals surface area (Å²) in [5.41, 5.74) is 0. The van der Waals surface area contributed by atoms with Crippen LogP contribution in [0.5, 0.6) is 0 Å². The second-order valence-electron chi connectivity index (χ2n) is 6.06. The molecule has 0 bridgehead atoms. The molecule has 20 heavy (non-hydrogen) atoms. The Kier molecular flexibility index (Phi) is 10.1. The first-order chi connectivity index (χ1) is 9.34. The summed E-state index contributed by atoms with van der Waals surface area (Å²) in [7, 11) is 0. The van der Waals surface area contributed by atoms with Gasteiger partial charge in [0, 0.05) is 0 Å². The van der Waals surface area contributed by atoms with Gasteiger partial charge in [-0.3, -0.25) is 9.59 Å². The molecule has 0 fully saturated rings. The minimum absolute atomic E-state index is 0.0503. The lowest BCUT2D eigenvalue weighted by molar-refractivity contribution is -0.148. The van der Waals surface area contributed by atoms with Crippen LogP contribution in [-0.2, 0) is 19.1 Å². The van der Waals surface area contributed by atoms with E-state index in [-0.39, 0.29) is 23.8 Å². The van der Waals surface area contributed by atoms with Gasteiger partial charge in [0.05, 0.1) is 25.0 Å². The van der Waals surface area contributed by atoms with Crippen molar-refractivity contribution in [3.8, 4) is 0 Å². The molecule has 0 spiro atoms. The zero-order valence-corrected chi connectivity index (χ0v) is 13.6. The van der Waals surface area contributed by atoms with Crippen molar-refractivity contribution in [2.75, 3.05) is 13.2 Å². The Morgan fingerprint density at radius 1 is 0.800 bits per heavy atom. The van der Waals surface area contributed by atoms with E-state index in [1.54, 1.807) is 0 Å². The number of carbonyl (C=O) groups is 2. The highest BCUT2D eigenvalue weighted by atomic mass is 16.5. The van der Waals surface area contributed by atoms with E-state index < -0.39 is 0 Å². The van der Waals surface area contributed by atoms with Crippen molar-refractivity contribution in [1.82, 2.24) is 0 Å². The Bertz CT molecular complexity index is 284. The third kappa shape index (κ3) is 9.82. The van der Waals surface area contributed by atoms with Crippen molar-refractivity contribution in [2.24, 2.45) is 17.8 Å². The van der Waals surface area contributed by atoms with Crippen molar-refractivity contribution in [3.63, 3.8) is 0 Å². The lowest BCUT2D eigenvalue weighted by Gasteiger charge is -2.13. The van der Waals surface area contributed by atoms with Crippen LogP contribution in [-0.4, -0.2) is 25.2 Å². The summed E-state index contributed by atoms with van der Waals surface area (Å²) in [6, 6.07) is 0. The van der Waals surface area contributed by atoms with Gasteiger partial charge in [-0.2, -0.15) is 0 Å². The first-order valence-electron chi connectivity index (χ1n) is 7.67. The van der Waals surface area contributed by atoms with Gasteiger partial charge in [0.25, 0.3) is 0 Å². The highest BCUT2D eigenvalue weighted by Crippen LogP contribution is 2.11. The predicted octanol–water partition coefficient (Wildman–Crippen LogP) is 3.58. The molecule has 0 heterocycles. The van der Waals surface area contributed by atoms with Gasteiger partial charge in [-0.05, 0) is 18.8 Å². The van der Waals surface area contributed by atoms with Crippen molar-refractivity contribution in [2.45, 2.75) is 60.3 Å². The number of carbonyl (C=O) groups excluding carboxylic acids is 2. The van der Waals surface area contributed by atoms with E-state index in [0.29, 0.717) is 19.1 Å². The van der Waals surface area contributed by atoms with Crippen molar-refractivity contribution in [1.29, 1.82) is 0 Å². The first-order valence-corrected chi connectivity index (χ1v) is 7.67. The maximum absolute atomic E-state index is 11.3.